The fourth-order valence-corrected chi connectivity index (χ4v) is 2.65. The summed E-state index contributed by atoms with van der Waals surface area (Å²) in [5.74, 6) is -0.449. The first kappa shape index (κ1) is 18.6. The van der Waals surface area contributed by atoms with E-state index in [1.165, 1.54) is 6.07 Å². The molecule has 0 radical (unpaired) electrons. The Kier molecular flexibility index (Phi) is 5.42. The number of amides is 1. The summed E-state index contributed by atoms with van der Waals surface area (Å²) in [6.07, 6.45) is -4.47. The van der Waals surface area contributed by atoms with E-state index in [0.717, 1.165) is 21.3 Å². The first-order chi connectivity index (χ1) is 11.1. The molecule has 7 heteroatoms. The number of carbonyl (C=O) groups is 1. The molecular weight excluding hydrogens is 432 g/mol. The maximum Gasteiger partial charge on any atom is 0.416 e. The Morgan fingerprint density at radius 1 is 1.12 bits per heavy atom. The second-order valence-corrected chi connectivity index (χ2v) is 6.70. The quantitative estimate of drug-likeness (QED) is 0.676. The molecule has 2 aromatic carbocycles. The van der Waals surface area contributed by atoms with Gasteiger partial charge in [-0.3, -0.25) is 4.79 Å². The second-order valence-electron chi connectivity index (χ2n) is 5.54. The minimum Gasteiger partial charge on any atom is -0.376 e. The smallest absolute Gasteiger partial charge is 0.376 e. The highest BCUT2D eigenvalue weighted by Crippen LogP contribution is 2.35. The summed E-state index contributed by atoms with van der Waals surface area (Å²) in [6, 6.07) is 8.45. The van der Waals surface area contributed by atoms with Crippen molar-refractivity contribution in [2.75, 3.05) is 24.3 Å². The first-order valence-corrected chi connectivity index (χ1v) is 8.13. The van der Waals surface area contributed by atoms with Crippen molar-refractivity contribution < 1.29 is 18.0 Å². The number of hydrogen-bond donors (Lipinski definition) is 1. The van der Waals surface area contributed by atoms with Crippen LogP contribution in [0.3, 0.4) is 0 Å². The molecule has 0 fully saturated rings. The van der Waals surface area contributed by atoms with Gasteiger partial charge in [-0.05, 0) is 65.4 Å². The fourth-order valence-electron chi connectivity index (χ4n) is 2.13. The number of anilines is 2. The zero-order valence-electron chi connectivity index (χ0n) is 13.3. The fraction of sp³-hybridized carbons (Fsp3) is 0.235. The van der Waals surface area contributed by atoms with Crippen LogP contribution in [0.25, 0.3) is 0 Å². The summed E-state index contributed by atoms with van der Waals surface area (Å²) in [5, 5.41) is 2.58. The Balaban J connectivity index is 2.39. The molecule has 0 bridgehead atoms. The van der Waals surface area contributed by atoms with E-state index in [2.05, 4.69) is 27.9 Å². The van der Waals surface area contributed by atoms with Crippen LogP contribution in [0.15, 0.2) is 36.4 Å². The molecule has 0 unspecified atom stereocenters. The number of halogens is 4. The third kappa shape index (κ3) is 4.19. The number of carbonyl (C=O) groups excluding carboxylic acids is 1. The topological polar surface area (TPSA) is 32.3 Å². The molecular formula is C17H16F3IN2O. The molecule has 0 aliphatic heterocycles. The van der Waals surface area contributed by atoms with E-state index in [4.69, 9.17) is 0 Å². The Morgan fingerprint density at radius 2 is 1.79 bits per heavy atom. The van der Waals surface area contributed by atoms with Crippen LogP contribution in [0.5, 0.6) is 0 Å². The van der Waals surface area contributed by atoms with Gasteiger partial charge in [-0.1, -0.05) is 6.07 Å². The molecule has 2 rings (SSSR count). The zero-order valence-corrected chi connectivity index (χ0v) is 15.5. The Labute approximate surface area is 152 Å². The number of hydrogen-bond acceptors (Lipinski definition) is 2. The van der Waals surface area contributed by atoms with Crippen molar-refractivity contribution in [2.45, 2.75) is 13.1 Å². The molecule has 24 heavy (non-hydrogen) atoms. The summed E-state index contributed by atoms with van der Waals surface area (Å²) in [7, 11) is 3.40. The van der Waals surface area contributed by atoms with Gasteiger partial charge in [0.1, 0.15) is 0 Å². The van der Waals surface area contributed by atoms with Crippen molar-refractivity contribution >= 4 is 39.9 Å². The molecule has 0 atom stereocenters. The van der Waals surface area contributed by atoms with Crippen LogP contribution < -0.4 is 10.2 Å². The molecule has 128 valence electrons. The maximum atomic E-state index is 12.9. The number of benzene rings is 2. The minimum absolute atomic E-state index is 0.121. The number of aryl methyl sites for hydroxylation is 1. The van der Waals surface area contributed by atoms with Crippen molar-refractivity contribution in [3.63, 3.8) is 0 Å². The molecule has 0 spiro atoms. The average molecular weight is 448 g/mol. The second kappa shape index (κ2) is 7.00. The summed E-state index contributed by atoms with van der Waals surface area (Å²) in [4.78, 5) is 14.0. The SMILES string of the molecule is Cc1ccc(C(=O)Nc2cc(C(F)(F)F)ccc2N(C)C)cc1I. The lowest BCUT2D eigenvalue weighted by atomic mass is 10.1. The van der Waals surface area contributed by atoms with E-state index < -0.39 is 17.6 Å². The van der Waals surface area contributed by atoms with Crippen LogP contribution >= 0.6 is 22.6 Å². The lowest BCUT2D eigenvalue weighted by Crippen LogP contribution is -2.18. The van der Waals surface area contributed by atoms with Gasteiger partial charge in [0.2, 0.25) is 0 Å². The number of nitrogens with zero attached hydrogens (tertiary/aromatic N) is 1. The lowest BCUT2D eigenvalue weighted by molar-refractivity contribution is -0.137. The monoisotopic (exact) mass is 448 g/mol. The van der Waals surface area contributed by atoms with Gasteiger partial charge in [0, 0.05) is 23.2 Å². The van der Waals surface area contributed by atoms with Crippen molar-refractivity contribution in [2.24, 2.45) is 0 Å². The van der Waals surface area contributed by atoms with Crippen LogP contribution in [0.1, 0.15) is 21.5 Å². The number of alkyl halides is 3. The maximum absolute atomic E-state index is 12.9. The molecule has 0 saturated heterocycles. The van der Waals surface area contributed by atoms with Crippen LogP contribution in [0.4, 0.5) is 24.5 Å². The van der Waals surface area contributed by atoms with Crippen molar-refractivity contribution in [3.8, 4) is 0 Å². The van der Waals surface area contributed by atoms with Crippen molar-refractivity contribution in [3.05, 3.63) is 56.7 Å². The highest BCUT2D eigenvalue weighted by Gasteiger charge is 2.31. The van der Waals surface area contributed by atoms with E-state index in [-0.39, 0.29) is 5.69 Å². The van der Waals surface area contributed by atoms with Crippen LogP contribution in [-0.2, 0) is 6.18 Å². The molecule has 0 aromatic heterocycles. The van der Waals surface area contributed by atoms with Crippen molar-refractivity contribution in [1.82, 2.24) is 0 Å². The molecule has 2 aromatic rings. The third-order valence-electron chi connectivity index (χ3n) is 3.49. The van der Waals surface area contributed by atoms with E-state index in [1.54, 1.807) is 37.2 Å². The molecule has 0 heterocycles. The normalized spacial score (nSPS) is 11.3. The van der Waals surface area contributed by atoms with Gasteiger partial charge in [0.15, 0.2) is 0 Å². The van der Waals surface area contributed by atoms with Crippen molar-refractivity contribution in [1.29, 1.82) is 0 Å². The molecule has 0 aliphatic rings. The lowest BCUT2D eigenvalue weighted by Gasteiger charge is -2.20. The van der Waals surface area contributed by atoms with Crippen LogP contribution in [-0.4, -0.2) is 20.0 Å². The van der Waals surface area contributed by atoms with Gasteiger partial charge in [0.25, 0.3) is 5.91 Å². The van der Waals surface area contributed by atoms with E-state index in [9.17, 15) is 18.0 Å². The predicted octanol–water partition coefficient (Wildman–Crippen LogP) is 4.94. The Hall–Kier alpha value is -1.77. The molecule has 0 saturated carbocycles. The molecule has 1 N–H and O–H groups in total. The molecule has 3 nitrogen and oxygen atoms in total. The zero-order chi connectivity index (χ0) is 18.1. The first-order valence-electron chi connectivity index (χ1n) is 7.05. The third-order valence-corrected chi connectivity index (χ3v) is 4.65. The van der Waals surface area contributed by atoms with E-state index >= 15 is 0 Å². The minimum atomic E-state index is -4.47. The number of nitrogens with one attached hydrogen (secondary N) is 1. The molecule has 1 amide bonds. The van der Waals surface area contributed by atoms with Gasteiger partial charge in [-0.2, -0.15) is 13.2 Å². The number of rotatable bonds is 3. The van der Waals surface area contributed by atoms with Crippen LogP contribution in [0.2, 0.25) is 0 Å². The van der Waals surface area contributed by atoms with E-state index in [0.29, 0.717) is 11.3 Å². The van der Waals surface area contributed by atoms with Gasteiger partial charge >= 0.3 is 6.18 Å². The standard InChI is InChI=1S/C17H16F3IN2O/c1-10-4-5-11(8-13(10)21)16(24)22-14-9-12(17(18,19)20)6-7-15(14)23(2)3/h4-9H,1-3H3,(H,22,24). The Bertz CT molecular complexity index is 773. The largest absolute Gasteiger partial charge is 0.416 e. The van der Waals surface area contributed by atoms with Gasteiger partial charge < -0.3 is 10.2 Å². The summed E-state index contributed by atoms with van der Waals surface area (Å²) in [5.41, 5.74) is 1.24. The van der Waals surface area contributed by atoms with Gasteiger partial charge in [-0.15, -0.1) is 0 Å². The van der Waals surface area contributed by atoms with Crippen LogP contribution in [0, 0.1) is 10.5 Å². The Morgan fingerprint density at radius 3 is 2.33 bits per heavy atom. The van der Waals surface area contributed by atoms with Gasteiger partial charge in [-0.25, -0.2) is 0 Å². The molecule has 0 aliphatic carbocycles. The van der Waals surface area contributed by atoms with E-state index in [1.807, 2.05) is 6.92 Å². The van der Waals surface area contributed by atoms with Gasteiger partial charge in [0.05, 0.1) is 16.9 Å². The predicted molar refractivity (Wildman–Crippen MR) is 97.6 cm³/mol. The summed E-state index contributed by atoms with van der Waals surface area (Å²) in [6.45, 7) is 1.92. The average Bonchev–Trinajstić information content (AvgIpc) is 2.48. The highest BCUT2D eigenvalue weighted by molar-refractivity contribution is 14.1. The summed E-state index contributed by atoms with van der Waals surface area (Å²) >= 11 is 2.11. The highest BCUT2D eigenvalue weighted by atomic mass is 127. The summed E-state index contributed by atoms with van der Waals surface area (Å²) < 4.78 is 39.7.